The SMILES string of the molecule is COc1cc(/C=C2\SC(=NC(C)C)N(C(C)C)C2=O)cc(Br)c1OC. The van der Waals surface area contributed by atoms with Crippen LogP contribution < -0.4 is 9.47 Å². The van der Waals surface area contributed by atoms with Crippen LogP contribution in [0, 0.1) is 0 Å². The van der Waals surface area contributed by atoms with Gasteiger partial charge in [-0.25, -0.2) is 0 Å². The molecule has 0 radical (unpaired) electrons. The van der Waals surface area contributed by atoms with Gasteiger partial charge in [0.15, 0.2) is 16.7 Å². The Morgan fingerprint density at radius 3 is 2.40 bits per heavy atom. The highest BCUT2D eigenvalue weighted by atomic mass is 79.9. The second-order valence-electron chi connectivity index (χ2n) is 6.12. The lowest BCUT2D eigenvalue weighted by Crippen LogP contribution is -2.35. The van der Waals surface area contributed by atoms with Crippen molar-refractivity contribution in [1.29, 1.82) is 0 Å². The van der Waals surface area contributed by atoms with Gasteiger partial charge in [-0.15, -0.1) is 0 Å². The highest BCUT2D eigenvalue weighted by Gasteiger charge is 2.35. The van der Waals surface area contributed by atoms with Crippen molar-refractivity contribution in [2.75, 3.05) is 14.2 Å². The molecule has 136 valence electrons. The minimum absolute atomic E-state index is 0.0229. The van der Waals surface area contributed by atoms with Gasteiger partial charge >= 0.3 is 0 Å². The third-order valence-corrected chi connectivity index (χ3v) is 5.06. The maximum absolute atomic E-state index is 12.8. The van der Waals surface area contributed by atoms with Gasteiger partial charge in [-0.1, -0.05) is 0 Å². The topological polar surface area (TPSA) is 51.1 Å². The van der Waals surface area contributed by atoms with Crippen molar-refractivity contribution in [2.24, 2.45) is 4.99 Å². The molecule has 0 N–H and O–H groups in total. The number of nitrogens with zero attached hydrogens (tertiary/aromatic N) is 2. The van der Waals surface area contributed by atoms with E-state index in [1.54, 1.807) is 19.1 Å². The van der Waals surface area contributed by atoms with Crippen molar-refractivity contribution in [3.63, 3.8) is 0 Å². The number of rotatable bonds is 5. The number of carbonyl (C=O) groups excluding carboxylic acids is 1. The fourth-order valence-electron chi connectivity index (χ4n) is 2.43. The summed E-state index contributed by atoms with van der Waals surface area (Å²) in [5.74, 6) is 1.21. The summed E-state index contributed by atoms with van der Waals surface area (Å²) in [5, 5.41) is 0.751. The molecule has 1 aromatic rings. The van der Waals surface area contributed by atoms with Crippen LogP contribution in [0.5, 0.6) is 11.5 Å². The average molecular weight is 427 g/mol. The fourth-order valence-corrected chi connectivity index (χ4v) is 4.28. The molecule has 0 aromatic heterocycles. The first-order valence-corrected chi connectivity index (χ1v) is 9.61. The van der Waals surface area contributed by atoms with Crippen LogP contribution >= 0.6 is 27.7 Å². The second-order valence-corrected chi connectivity index (χ2v) is 7.99. The molecule has 0 atom stereocenters. The molecule has 0 spiro atoms. The molecule has 25 heavy (non-hydrogen) atoms. The summed E-state index contributed by atoms with van der Waals surface area (Å²) in [5.41, 5.74) is 0.856. The quantitative estimate of drug-likeness (QED) is 0.647. The molecular weight excluding hydrogens is 404 g/mol. The van der Waals surface area contributed by atoms with Crippen LogP contribution in [0.3, 0.4) is 0 Å². The number of carbonyl (C=O) groups is 1. The van der Waals surface area contributed by atoms with Gasteiger partial charge < -0.3 is 9.47 Å². The average Bonchev–Trinajstić information content (AvgIpc) is 2.81. The number of methoxy groups -OCH3 is 2. The normalized spacial score (nSPS) is 18.1. The van der Waals surface area contributed by atoms with Crippen molar-refractivity contribution < 1.29 is 14.3 Å². The van der Waals surface area contributed by atoms with Crippen molar-refractivity contribution >= 4 is 44.8 Å². The van der Waals surface area contributed by atoms with E-state index in [0.717, 1.165) is 15.2 Å². The highest BCUT2D eigenvalue weighted by molar-refractivity contribution is 9.10. The Kier molecular flexibility index (Phi) is 6.57. The molecule has 1 saturated heterocycles. The molecule has 5 nitrogen and oxygen atoms in total. The predicted molar refractivity (Wildman–Crippen MR) is 107 cm³/mol. The lowest BCUT2D eigenvalue weighted by Gasteiger charge is -2.20. The van der Waals surface area contributed by atoms with Gasteiger partial charge in [0.05, 0.1) is 23.6 Å². The molecule has 1 aliphatic heterocycles. The van der Waals surface area contributed by atoms with E-state index in [1.165, 1.54) is 11.8 Å². The lowest BCUT2D eigenvalue weighted by atomic mass is 10.1. The van der Waals surface area contributed by atoms with Gasteiger partial charge in [-0.2, -0.15) is 0 Å². The van der Waals surface area contributed by atoms with Crippen LogP contribution in [0.15, 0.2) is 26.5 Å². The molecule has 2 rings (SSSR count). The Labute approximate surface area is 161 Å². The molecule has 0 saturated carbocycles. The highest BCUT2D eigenvalue weighted by Crippen LogP contribution is 2.39. The minimum atomic E-state index is -0.0229. The number of amides is 1. The number of aliphatic imine (C=N–C) groups is 1. The van der Waals surface area contributed by atoms with E-state index in [4.69, 9.17) is 9.47 Å². The predicted octanol–water partition coefficient (Wildman–Crippen LogP) is 4.56. The van der Waals surface area contributed by atoms with Crippen LogP contribution in [0.1, 0.15) is 33.3 Å². The summed E-state index contributed by atoms with van der Waals surface area (Å²) in [6.07, 6.45) is 1.86. The first kappa shape index (κ1) is 19.8. The first-order chi connectivity index (χ1) is 11.8. The maximum Gasteiger partial charge on any atom is 0.266 e. The second kappa shape index (κ2) is 8.27. The Morgan fingerprint density at radius 1 is 1.20 bits per heavy atom. The van der Waals surface area contributed by atoms with Gasteiger partial charge in [-0.3, -0.25) is 14.7 Å². The largest absolute Gasteiger partial charge is 0.493 e. The molecule has 0 aliphatic carbocycles. The Morgan fingerprint density at radius 2 is 1.88 bits per heavy atom. The summed E-state index contributed by atoms with van der Waals surface area (Å²) in [7, 11) is 3.18. The number of halogens is 1. The zero-order chi connectivity index (χ0) is 18.7. The number of hydrogen-bond acceptors (Lipinski definition) is 5. The Hall–Kier alpha value is -1.47. The number of benzene rings is 1. The molecule has 0 bridgehead atoms. The molecule has 1 fully saturated rings. The molecule has 1 heterocycles. The van der Waals surface area contributed by atoms with Gasteiger partial charge in [0.25, 0.3) is 5.91 Å². The van der Waals surface area contributed by atoms with Gasteiger partial charge in [0.2, 0.25) is 0 Å². The van der Waals surface area contributed by atoms with Gasteiger partial charge in [-0.05, 0) is 79.2 Å². The van der Waals surface area contributed by atoms with E-state index >= 15 is 0 Å². The summed E-state index contributed by atoms with van der Waals surface area (Å²) >= 11 is 4.89. The molecule has 1 amide bonds. The van der Waals surface area contributed by atoms with Crippen molar-refractivity contribution in [3.8, 4) is 11.5 Å². The number of amidine groups is 1. The third kappa shape index (κ3) is 4.39. The summed E-state index contributed by atoms with van der Waals surface area (Å²) in [6.45, 7) is 7.99. The monoisotopic (exact) mass is 426 g/mol. The zero-order valence-electron chi connectivity index (χ0n) is 15.3. The van der Waals surface area contributed by atoms with Gasteiger partial charge in [0.1, 0.15) is 0 Å². The fraction of sp³-hybridized carbons (Fsp3) is 0.444. The number of ether oxygens (including phenoxy) is 2. The summed E-state index contributed by atoms with van der Waals surface area (Å²) in [4.78, 5) is 19.8. The molecule has 1 aromatic carbocycles. The Balaban J connectivity index is 2.45. The van der Waals surface area contributed by atoms with E-state index < -0.39 is 0 Å². The first-order valence-electron chi connectivity index (χ1n) is 8.00. The van der Waals surface area contributed by atoms with Crippen molar-refractivity contribution in [1.82, 2.24) is 4.90 Å². The lowest BCUT2D eigenvalue weighted by molar-refractivity contribution is -0.123. The van der Waals surface area contributed by atoms with E-state index in [9.17, 15) is 4.79 Å². The van der Waals surface area contributed by atoms with Crippen molar-refractivity contribution in [2.45, 2.75) is 39.8 Å². The van der Waals surface area contributed by atoms with E-state index in [1.807, 2.05) is 45.9 Å². The standard InChI is InChI=1S/C18H23BrN2O3S/c1-10(2)20-18-21(11(3)4)17(22)15(25-18)9-12-7-13(19)16(24-6)14(8-12)23-5/h7-11H,1-6H3/b15-9-,20-18?. The Bertz CT molecular complexity index is 729. The zero-order valence-corrected chi connectivity index (χ0v) is 17.7. The summed E-state index contributed by atoms with van der Waals surface area (Å²) < 4.78 is 11.5. The van der Waals surface area contributed by atoms with E-state index in [2.05, 4.69) is 20.9 Å². The van der Waals surface area contributed by atoms with Crippen LogP contribution in [-0.4, -0.2) is 42.3 Å². The van der Waals surface area contributed by atoms with Crippen LogP contribution in [-0.2, 0) is 4.79 Å². The van der Waals surface area contributed by atoms with Crippen molar-refractivity contribution in [3.05, 3.63) is 27.1 Å². The van der Waals surface area contributed by atoms with Crippen LogP contribution in [0.4, 0.5) is 0 Å². The van der Waals surface area contributed by atoms with E-state index in [0.29, 0.717) is 16.4 Å². The van der Waals surface area contributed by atoms with Crippen LogP contribution in [0.2, 0.25) is 0 Å². The minimum Gasteiger partial charge on any atom is -0.493 e. The smallest absolute Gasteiger partial charge is 0.266 e. The molecule has 0 unspecified atom stereocenters. The molecular formula is C18H23BrN2O3S. The molecule has 1 aliphatic rings. The summed E-state index contributed by atoms with van der Waals surface area (Å²) in [6, 6.07) is 3.94. The van der Waals surface area contributed by atoms with E-state index in [-0.39, 0.29) is 18.0 Å². The van der Waals surface area contributed by atoms with Gasteiger partial charge in [0, 0.05) is 12.1 Å². The maximum atomic E-state index is 12.8. The molecule has 7 heteroatoms. The van der Waals surface area contributed by atoms with Crippen LogP contribution in [0.25, 0.3) is 6.08 Å². The number of hydrogen-bond donors (Lipinski definition) is 0. The third-order valence-electron chi connectivity index (χ3n) is 3.48. The number of thioether (sulfide) groups is 1.